The fourth-order valence-corrected chi connectivity index (χ4v) is 2.99. The SMILES string of the molecule is CC(=O)c1ccc(/C(F)=C/C(c2cc(Cl)cc(C=O)c2)C(F)(F)F)cc1C(F)(F)F. The van der Waals surface area contributed by atoms with Gasteiger partial charge in [-0.05, 0) is 42.8 Å². The van der Waals surface area contributed by atoms with Crippen molar-refractivity contribution in [3.63, 3.8) is 0 Å². The molecule has 0 amide bonds. The first-order valence-electron chi connectivity index (χ1n) is 8.16. The Morgan fingerprint density at radius 1 is 1.03 bits per heavy atom. The van der Waals surface area contributed by atoms with E-state index < -0.39 is 52.1 Å². The van der Waals surface area contributed by atoms with Crippen molar-refractivity contribution in [3.8, 4) is 0 Å². The van der Waals surface area contributed by atoms with Gasteiger partial charge in [-0.2, -0.15) is 26.3 Å². The van der Waals surface area contributed by atoms with Crippen molar-refractivity contribution in [2.45, 2.75) is 25.2 Å². The lowest BCUT2D eigenvalue weighted by atomic mass is 9.94. The van der Waals surface area contributed by atoms with Gasteiger partial charge in [-0.25, -0.2) is 4.39 Å². The average molecular weight is 453 g/mol. The maximum atomic E-state index is 14.6. The molecule has 0 fully saturated rings. The van der Waals surface area contributed by atoms with Crippen LogP contribution in [-0.4, -0.2) is 18.2 Å². The van der Waals surface area contributed by atoms with E-state index in [4.69, 9.17) is 11.6 Å². The standard InChI is InChI=1S/C20H12ClF7O2/c1-10(30)15-3-2-12(7-17(15)20(26,27)28)18(22)8-16(19(23,24)25)13-4-11(9-29)5-14(21)6-13/h2-9,16H,1H3/b18-8-. The second-order valence-electron chi connectivity index (χ2n) is 6.28. The molecule has 2 aromatic rings. The van der Waals surface area contributed by atoms with Crippen LogP contribution in [0.25, 0.3) is 5.83 Å². The molecule has 2 rings (SSSR count). The number of hydrogen-bond acceptors (Lipinski definition) is 2. The number of aldehydes is 1. The molecular formula is C20H12ClF7O2. The zero-order valence-electron chi connectivity index (χ0n) is 15.0. The molecule has 30 heavy (non-hydrogen) atoms. The van der Waals surface area contributed by atoms with E-state index in [1.54, 1.807) is 0 Å². The summed E-state index contributed by atoms with van der Waals surface area (Å²) in [6.07, 6.45) is -9.72. The van der Waals surface area contributed by atoms with Crippen molar-refractivity contribution in [1.29, 1.82) is 0 Å². The van der Waals surface area contributed by atoms with Crippen LogP contribution in [0.15, 0.2) is 42.5 Å². The van der Waals surface area contributed by atoms with Gasteiger partial charge in [-0.3, -0.25) is 9.59 Å². The van der Waals surface area contributed by atoms with E-state index in [1.807, 2.05) is 0 Å². The molecule has 0 aliphatic heterocycles. The molecule has 0 aliphatic rings. The molecule has 0 spiro atoms. The number of ketones is 1. The molecule has 0 saturated carbocycles. The van der Waals surface area contributed by atoms with E-state index in [-0.39, 0.29) is 29.0 Å². The number of carbonyl (C=O) groups is 2. The minimum absolute atomic E-state index is 0.0865. The normalized spacial score (nSPS) is 13.8. The van der Waals surface area contributed by atoms with E-state index in [1.165, 1.54) is 0 Å². The number of carbonyl (C=O) groups excluding carboxylic acids is 2. The van der Waals surface area contributed by atoms with Crippen LogP contribution in [0, 0.1) is 0 Å². The number of allylic oxidation sites excluding steroid dienone is 1. The summed E-state index contributed by atoms with van der Waals surface area (Å²) >= 11 is 5.70. The summed E-state index contributed by atoms with van der Waals surface area (Å²) in [5.74, 6) is -5.12. The van der Waals surface area contributed by atoms with Gasteiger partial charge in [0.1, 0.15) is 18.0 Å². The molecule has 0 radical (unpaired) electrons. The van der Waals surface area contributed by atoms with Crippen LogP contribution in [0.3, 0.4) is 0 Å². The monoisotopic (exact) mass is 452 g/mol. The topological polar surface area (TPSA) is 34.1 Å². The van der Waals surface area contributed by atoms with Gasteiger partial charge >= 0.3 is 12.4 Å². The molecule has 1 atom stereocenters. The van der Waals surface area contributed by atoms with Crippen LogP contribution in [0.1, 0.15) is 50.2 Å². The Morgan fingerprint density at radius 3 is 2.17 bits per heavy atom. The first kappa shape index (κ1) is 23.6. The lowest BCUT2D eigenvalue weighted by Crippen LogP contribution is -2.19. The number of Topliss-reactive ketones (excluding diaryl/α,β-unsaturated/α-hetero) is 1. The van der Waals surface area contributed by atoms with Crippen LogP contribution in [0.5, 0.6) is 0 Å². The van der Waals surface area contributed by atoms with Crippen molar-refractivity contribution in [3.05, 3.63) is 75.3 Å². The Balaban J connectivity index is 2.62. The van der Waals surface area contributed by atoms with E-state index in [0.29, 0.717) is 6.07 Å². The summed E-state index contributed by atoms with van der Waals surface area (Å²) in [5.41, 5.74) is -3.75. The predicted molar refractivity (Wildman–Crippen MR) is 96.2 cm³/mol. The van der Waals surface area contributed by atoms with Gasteiger partial charge in [-0.1, -0.05) is 23.7 Å². The third-order valence-corrected chi connectivity index (χ3v) is 4.30. The zero-order chi connectivity index (χ0) is 22.9. The number of alkyl halides is 6. The number of halogens is 8. The highest BCUT2D eigenvalue weighted by Gasteiger charge is 2.40. The molecule has 10 heteroatoms. The Labute approximate surface area is 171 Å². The molecule has 0 heterocycles. The number of hydrogen-bond donors (Lipinski definition) is 0. The summed E-state index contributed by atoms with van der Waals surface area (Å²) in [6, 6.07) is 4.56. The first-order chi connectivity index (χ1) is 13.7. The Bertz CT molecular complexity index is 1010. The molecule has 2 nitrogen and oxygen atoms in total. The molecule has 1 unspecified atom stereocenters. The number of benzene rings is 2. The second-order valence-corrected chi connectivity index (χ2v) is 6.72. The average Bonchev–Trinajstić information content (AvgIpc) is 2.63. The summed E-state index contributed by atoms with van der Waals surface area (Å²) < 4.78 is 94.7. The zero-order valence-corrected chi connectivity index (χ0v) is 15.8. The first-order valence-corrected chi connectivity index (χ1v) is 8.54. The molecule has 0 saturated heterocycles. The summed E-state index contributed by atoms with van der Waals surface area (Å²) in [4.78, 5) is 22.3. The summed E-state index contributed by atoms with van der Waals surface area (Å²) in [7, 11) is 0. The molecular weight excluding hydrogens is 441 g/mol. The Kier molecular flexibility index (Phi) is 6.76. The smallest absolute Gasteiger partial charge is 0.298 e. The minimum atomic E-state index is -5.03. The Morgan fingerprint density at radius 2 is 1.67 bits per heavy atom. The lowest BCUT2D eigenvalue weighted by molar-refractivity contribution is -0.140. The maximum absolute atomic E-state index is 14.6. The van der Waals surface area contributed by atoms with Crippen molar-refractivity contribution >= 4 is 29.5 Å². The third-order valence-electron chi connectivity index (χ3n) is 4.08. The minimum Gasteiger partial charge on any atom is -0.298 e. The number of rotatable bonds is 5. The van der Waals surface area contributed by atoms with Gasteiger partial charge in [-0.15, -0.1) is 0 Å². The van der Waals surface area contributed by atoms with Gasteiger partial charge < -0.3 is 0 Å². The van der Waals surface area contributed by atoms with Gasteiger partial charge in [0.25, 0.3) is 0 Å². The largest absolute Gasteiger partial charge is 0.417 e. The second kappa shape index (κ2) is 8.59. The molecule has 0 bridgehead atoms. The maximum Gasteiger partial charge on any atom is 0.417 e. The van der Waals surface area contributed by atoms with Crippen LogP contribution in [0.2, 0.25) is 5.02 Å². The Hall–Kier alpha value is -2.68. The van der Waals surface area contributed by atoms with Gasteiger partial charge in [0, 0.05) is 21.7 Å². The lowest BCUT2D eigenvalue weighted by Gasteiger charge is -2.19. The fourth-order valence-electron chi connectivity index (χ4n) is 2.74. The molecule has 0 N–H and O–H groups in total. The summed E-state index contributed by atoms with van der Waals surface area (Å²) in [6.45, 7) is 0.875. The van der Waals surface area contributed by atoms with Gasteiger partial charge in [0.15, 0.2) is 5.78 Å². The molecule has 0 aliphatic carbocycles. The third kappa shape index (κ3) is 5.47. The predicted octanol–water partition coefficient (Wildman–Crippen LogP) is 7.03. The molecule has 160 valence electrons. The van der Waals surface area contributed by atoms with Crippen molar-refractivity contribution < 1.29 is 40.3 Å². The highest BCUT2D eigenvalue weighted by Crippen LogP contribution is 2.40. The molecule has 2 aromatic carbocycles. The van der Waals surface area contributed by atoms with Gasteiger partial charge in [0.05, 0.1) is 5.56 Å². The summed E-state index contributed by atoms with van der Waals surface area (Å²) in [5, 5.41) is -0.206. The van der Waals surface area contributed by atoms with Crippen LogP contribution in [-0.2, 0) is 6.18 Å². The van der Waals surface area contributed by atoms with E-state index in [9.17, 15) is 40.3 Å². The van der Waals surface area contributed by atoms with Crippen molar-refractivity contribution in [2.24, 2.45) is 0 Å². The fraction of sp³-hybridized carbons (Fsp3) is 0.200. The van der Waals surface area contributed by atoms with E-state index in [2.05, 4.69) is 0 Å². The highest BCUT2D eigenvalue weighted by molar-refractivity contribution is 6.30. The van der Waals surface area contributed by atoms with Crippen molar-refractivity contribution in [1.82, 2.24) is 0 Å². The van der Waals surface area contributed by atoms with E-state index >= 15 is 0 Å². The van der Waals surface area contributed by atoms with Gasteiger partial charge in [0.2, 0.25) is 0 Å². The van der Waals surface area contributed by atoms with Crippen molar-refractivity contribution in [2.75, 3.05) is 0 Å². The highest BCUT2D eigenvalue weighted by atomic mass is 35.5. The van der Waals surface area contributed by atoms with Crippen LogP contribution >= 0.6 is 11.6 Å². The van der Waals surface area contributed by atoms with Crippen LogP contribution in [0.4, 0.5) is 30.7 Å². The quantitative estimate of drug-likeness (QED) is 0.277. The molecule has 0 aromatic heterocycles. The van der Waals surface area contributed by atoms with E-state index in [0.717, 1.165) is 31.2 Å². The van der Waals surface area contributed by atoms with Crippen LogP contribution < -0.4 is 0 Å².